The minimum Gasteiger partial charge on any atom is -0.484 e. The van der Waals surface area contributed by atoms with Gasteiger partial charge in [-0.15, -0.1) is 0 Å². The Morgan fingerprint density at radius 1 is 1.13 bits per heavy atom. The summed E-state index contributed by atoms with van der Waals surface area (Å²) in [5.41, 5.74) is 2.16. The molecule has 6 heteroatoms. The van der Waals surface area contributed by atoms with Crippen LogP contribution < -0.4 is 10.1 Å². The number of hydrogen-bond donors (Lipinski definition) is 1. The van der Waals surface area contributed by atoms with Crippen LogP contribution in [-0.2, 0) is 16.0 Å². The highest BCUT2D eigenvalue weighted by Crippen LogP contribution is 2.21. The second-order valence-electron chi connectivity index (χ2n) is 7.61. The molecule has 2 rings (SSSR count). The summed E-state index contributed by atoms with van der Waals surface area (Å²) >= 11 is 3.46. The SMILES string of the molecule is CC[C@H](C(=O)NC(C)C)N(CCc1ccccc1)C(=O)COc1ccc(Br)c(C)c1. The van der Waals surface area contributed by atoms with Crippen molar-refractivity contribution in [1.82, 2.24) is 10.2 Å². The number of rotatable bonds is 10. The average Bonchev–Trinajstić information content (AvgIpc) is 2.71. The van der Waals surface area contributed by atoms with Gasteiger partial charge in [-0.05, 0) is 62.9 Å². The Morgan fingerprint density at radius 3 is 2.43 bits per heavy atom. The number of carbonyl (C=O) groups is 2. The first kappa shape index (κ1) is 23.9. The molecule has 0 saturated carbocycles. The van der Waals surface area contributed by atoms with Gasteiger partial charge in [0.25, 0.3) is 5.91 Å². The van der Waals surface area contributed by atoms with Crippen LogP contribution in [0, 0.1) is 6.92 Å². The van der Waals surface area contributed by atoms with Crippen LogP contribution >= 0.6 is 15.9 Å². The van der Waals surface area contributed by atoms with Crippen molar-refractivity contribution in [2.24, 2.45) is 0 Å². The first-order valence-electron chi connectivity index (χ1n) is 10.3. The first-order valence-corrected chi connectivity index (χ1v) is 11.1. The van der Waals surface area contributed by atoms with Crippen LogP contribution in [0.5, 0.6) is 5.75 Å². The minimum absolute atomic E-state index is 0.0135. The van der Waals surface area contributed by atoms with Crippen molar-refractivity contribution in [2.45, 2.75) is 52.6 Å². The van der Waals surface area contributed by atoms with Gasteiger partial charge in [-0.3, -0.25) is 9.59 Å². The lowest BCUT2D eigenvalue weighted by atomic mass is 10.1. The predicted octanol–water partition coefficient (Wildman–Crippen LogP) is 4.51. The zero-order valence-corrected chi connectivity index (χ0v) is 19.7. The molecule has 5 nitrogen and oxygen atoms in total. The summed E-state index contributed by atoms with van der Waals surface area (Å²) < 4.78 is 6.74. The summed E-state index contributed by atoms with van der Waals surface area (Å²) in [6, 6.07) is 15.1. The molecule has 2 amide bonds. The minimum atomic E-state index is -0.529. The van der Waals surface area contributed by atoms with Gasteiger partial charge in [0.15, 0.2) is 6.61 Å². The molecule has 1 atom stereocenters. The van der Waals surface area contributed by atoms with Crippen molar-refractivity contribution >= 4 is 27.7 Å². The van der Waals surface area contributed by atoms with E-state index in [0.717, 1.165) is 15.6 Å². The van der Waals surface area contributed by atoms with E-state index in [1.165, 1.54) is 0 Å². The lowest BCUT2D eigenvalue weighted by molar-refractivity contribution is -0.142. The van der Waals surface area contributed by atoms with E-state index >= 15 is 0 Å². The fraction of sp³-hybridized carbons (Fsp3) is 0.417. The van der Waals surface area contributed by atoms with Crippen LogP contribution in [0.3, 0.4) is 0 Å². The monoisotopic (exact) mass is 474 g/mol. The third-order valence-corrected chi connectivity index (χ3v) is 5.68. The largest absolute Gasteiger partial charge is 0.484 e. The van der Waals surface area contributed by atoms with E-state index in [2.05, 4.69) is 21.2 Å². The molecule has 0 radical (unpaired) electrons. The Morgan fingerprint density at radius 2 is 1.83 bits per heavy atom. The first-order chi connectivity index (χ1) is 14.3. The molecule has 0 fully saturated rings. The van der Waals surface area contributed by atoms with Crippen LogP contribution in [0.1, 0.15) is 38.3 Å². The van der Waals surface area contributed by atoms with Crippen LogP contribution in [0.15, 0.2) is 53.0 Å². The molecule has 30 heavy (non-hydrogen) atoms. The van der Waals surface area contributed by atoms with Gasteiger partial charge < -0.3 is 15.0 Å². The molecule has 0 aliphatic carbocycles. The maximum atomic E-state index is 13.1. The van der Waals surface area contributed by atoms with E-state index in [-0.39, 0.29) is 24.5 Å². The molecule has 0 heterocycles. The van der Waals surface area contributed by atoms with Crippen molar-refractivity contribution < 1.29 is 14.3 Å². The van der Waals surface area contributed by atoms with Crippen molar-refractivity contribution in [3.8, 4) is 5.75 Å². The molecule has 0 saturated heterocycles. The number of ether oxygens (including phenoxy) is 1. The molecule has 0 aliphatic rings. The van der Waals surface area contributed by atoms with Crippen molar-refractivity contribution in [2.75, 3.05) is 13.2 Å². The zero-order chi connectivity index (χ0) is 22.1. The normalized spacial score (nSPS) is 11.8. The molecule has 0 bridgehead atoms. The lowest BCUT2D eigenvalue weighted by Gasteiger charge is -2.31. The van der Waals surface area contributed by atoms with E-state index in [0.29, 0.717) is 25.1 Å². The van der Waals surface area contributed by atoms with Crippen molar-refractivity contribution in [1.29, 1.82) is 0 Å². The van der Waals surface area contributed by atoms with Gasteiger partial charge in [0.05, 0.1) is 0 Å². The van der Waals surface area contributed by atoms with Crippen molar-refractivity contribution in [3.05, 3.63) is 64.1 Å². The molecule has 0 aromatic heterocycles. The number of halogens is 1. The molecule has 0 spiro atoms. The van der Waals surface area contributed by atoms with E-state index in [1.807, 2.05) is 76.2 Å². The third-order valence-electron chi connectivity index (χ3n) is 4.79. The van der Waals surface area contributed by atoms with Gasteiger partial charge in [-0.25, -0.2) is 0 Å². The Labute approximate surface area is 187 Å². The van der Waals surface area contributed by atoms with E-state index in [1.54, 1.807) is 4.90 Å². The molecular weight excluding hydrogens is 444 g/mol. The van der Waals surface area contributed by atoms with Gasteiger partial charge in [0, 0.05) is 17.1 Å². The maximum Gasteiger partial charge on any atom is 0.261 e. The Kier molecular flexibility index (Phi) is 9.37. The van der Waals surface area contributed by atoms with Crippen LogP contribution in [0.2, 0.25) is 0 Å². The maximum absolute atomic E-state index is 13.1. The highest BCUT2D eigenvalue weighted by Gasteiger charge is 2.28. The summed E-state index contributed by atoms with van der Waals surface area (Å²) in [5, 5.41) is 2.94. The number of benzene rings is 2. The summed E-state index contributed by atoms with van der Waals surface area (Å²) in [6.07, 6.45) is 1.21. The average molecular weight is 475 g/mol. The number of nitrogens with zero attached hydrogens (tertiary/aromatic N) is 1. The van der Waals surface area contributed by atoms with Crippen LogP contribution in [-0.4, -0.2) is 41.9 Å². The second-order valence-corrected chi connectivity index (χ2v) is 8.46. The Hall–Kier alpha value is -2.34. The fourth-order valence-corrected chi connectivity index (χ4v) is 3.46. The smallest absolute Gasteiger partial charge is 0.261 e. The number of aryl methyl sites for hydroxylation is 1. The molecule has 0 aliphatic heterocycles. The molecular formula is C24H31BrN2O3. The zero-order valence-electron chi connectivity index (χ0n) is 18.2. The Balaban J connectivity index is 2.13. The van der Waals surface area contributed by atoms with E-state index in [9.17, 15) is 9.59 Å². The van der Waals surface area contributed by atoms with E-state index in [4.69, 9.17) is 4.74 Å². The van der Waals surface area contributed by atoms with Gasteiger partial charge in [-0.2, -0.15) is 0 Å². The summed E-state index contributed by atoms with van der Waals surface area (Å²) in [7, 11) is 0. The Bertz CT molecular complexity index is 840. The highest BCUT2D eigenvalue weighted by atomic mass is 79.9. The number of hydrogen-bond acceptors (Lipinski definition) is 3. The van der Waals surface area contributed by atoms with Gasteiger partial charge in [-0.1, -0.05) is 53.2 Å². The fourth-order valence-electron chi connectivity index (χ4n) is 3.21. The number of amides is 2. The summed E-state index contributed by atoms with van der Waals surface area (Å²) in [5.74, 6) is 0.303. The summed E-state index contributed by atoms with van der Waals surface area (Å²) in [4.78, 5) is 27.5. The molecule has 2 aromatic carbocycles. The van der Waals surface area contributed by atoms with Crippen LogP contribution in [0.4, 0.5) is 0 Å². The summed E-state index contributed by atoms with van der Waals surface area (Å²) in [6.45, 7) is 8.07. The molecule has 162 valence electrons. The van der Waals surface area contributed by atoms with Crippen molar-refractivity contribution in [3.63, 3.8) is 0 Å². The lowest BCUT2D eigenvalue weighted by Crippen LogP contribution is -2.52. The molecule has 0 unspecified atom stereocenters. The predicted molar refractivity (Wildman–Crippen MR) is 124 cm³/mol. The van der Waals surface area contributed by atoms with Crippen LogP contribution in [0.25, 0.3) is 0 Å². The van der Waals surface area contributed by atoms with Gasteiger partial charge in [0.1, 0.15) is 11.8 Å². The highest BCUT2D eigenvalue weighted by molar-refractivity contribution is 9.10. The molecule has 2 aromatic rings. The topological polar surface area (TPSA) is 58.6 Å². The van der Waals surface area contributed by atoms with Gasteiger partial charge in [0.2, 0.25) is 5.91 Å². The van der Waals surface area contributed by atoms with Gasteiger partial charge >= 0.3 is 0 Å². The van der Waals surface area contributed by atoms with E-state index < -0.39 is 6.04 Å². The third kappa shape index (κ3) is 7.17. The standard InChI is InChI=1S/C24H31BrN2O3/c1-5-22(24(29)26-17(2)3)27(14-13-19-9-7-6-8-10-19)23(28)16-30-20-11-12-21(25)18(4)15-20/h6-12,15,17,22H,5,13-14,16H2,1-4H3,(H,26,29)/t22-/m1/s1. The second kappa shape index (κ2) is 11.7. The number of carbonyl (C=O) groups excluding carboxylic acids is 2. The quantitative estimate of drug-likeness (QED) is 0.550. The number of nitrogens with one attached hydrogen (secondary N) is 1. The molecule has 1 N–H and O–H groups in total.